The topological polar surface area (TPSA) is 112 Å². The molecule has 27 heavy (non-hydrogen) atoms. The van der Waals surface area contributed by atoms with Gasteiger partial charge in [0.15, 0.2) is 5.65 Å². The molecule has 0 aliphatic heterocycles. The van der Waals surface area contributed by atoms with Gasteiger partial charge in [-0.05, 0) is 49.9 Å². The van der Waals surface area contributed by atoms with Crippen molar-refractivity contribution in [1.82, 2.24) is 14.6 Å². The molecule has 3 aromatic rings. The number of anilines is 2. The molecule has 142 valence electrons. The van der Waals surface area contributed by atoms with E-state index in [2.05, 4.69) is 15.4 Å². The number of nitrogens with zero attached hydrogens (tertiary/aromatic N) is 3. The molecule has 2 heterocycles. The second-order valence-corrected chi connectivity index (χ2v) is 8.21. The van der Waals surface area contributed by atoms with Gasteiger partial charge in [0.05, 0.1) is 11.1 Å². The molecule has 1 aliphatic carbocycles. The highest BCUT2D eigenvalue weighted by Crippen LogP contribution is 2.26. The van der Waals surface area contributed by atoms with Gasteiger partial charge in [-0.3, -0.25) is 0 Å². The fourth-order valence-electron chi connectivity index (χ4n) is 3.27. The number of hydrogen-bond donors (Lipinski definition) is 2. The number of sulfonamides is 1. The summed E-state index contributed by atoms with van der Waals surface area (Å²) >= 11 is 0. The molecule has 0 radical (unpaired) electrons. The van der Waals surface area contributed by atoms with E-state index in [9.17, 15) is 8.42 Å². The van der Waals surface area contributed by atoms with Crippen LogP contribution in [0.5, 0.6) is 5.88 Å². The molecule has 1 saturated carbocycles. The maximum Gasteiger partial charge on any atom is 0.238 e. The van der Waals surface area contributed by atoms with Crippen LogP contribution in [0.25, 0.3) is 5.65 Å². The summed E-state index contributed by atoms with van der Waals surface area (Å²) in [7, 11) is -3.72. The zero-order valence-electron chi connectivity index (χ0n) is 14.7. The van der Waals surface area contributed by atoms with E-state index in [1.807, 2.05) is 12.1 Å². The summed E-state index contributed by atoms with van der Waals surface area (Å²) in [5.74, 6) is 1.23. The number of benzene rings is 1. The van der Waals surface area contributed by atoms with Crippen LogP contribution in [0.15, 0.2) is 47.5 Å². The van der Waals surface area contributed by atoms with Crippen molar-refractivity contribution in [2.24, 2.45) is 5.14 Å². The molecule has 2 aromatic heterocycles. The van der Waals surface area contributed by atoms with Crippen molar-refractivity contribution < 1.29 is 13.2 Å². The Kier molecular flexibility index (Phi) is 4.71. The van der Waals surface area contributed by atoms with Gasteiger partial charge < -0.3 is 10.1 Å². The van der Waals surface area contributed by atoms with E-state index in [-0.39, 0.29) is 11.0 Å². The summed E-state index contributed by atoms with van der Waals surface area (Å²) in [5.41, 5.74) is 1.38. The molecule has 8 nitrogen and oxygen atoms in total. The number of fused-ring (bicyclic) bond motifs is 1. The predicted molar refractivity (Wildman–Crippen MR) is 102 cm³/mol. The fraction of sp³-hybridized carbons (Fsp3) is 0.333. The average molecular weight is 387 g/mol. The van der Waals surface area contributed by atoms with Crippen molar-refractivity contribution in [2.45, 2.75) is 43.1 Å². The Bertz CT molecular complexity index is 1040. The van der Waals surface area contributed by atoms with Gasteiger partial charge in [-0.1, -0.05) is 6.42 Å². The largest absolute Gasteiger partial charge is 0.474 e. The van der Waals surface area contributed by atoms with Crippen molar-refractivity contribution in [3.63, 3.8) is 0 Å². The van der Waals surface area contributed by atoms with E-state index < -0.39 is 10.0 Å². The van der Waals surface area contributed by atoms with E-state index in [1.54, 1.807) is 22.8 Å². The van der Waals surface area contributed by atoms with Crippen molar-refractivity contribution in [2.75, 3.05) is 5.32 Å². The van der Waals surface area contributed by atoms with E-state index in [4.69, 9.17) is 9.88 Å². The standard InChI is InChI=1S/C18H21N5O3S/c19-27(24,25)15-8-6-13(7-9-15)21-17-12-18(22-16-10-11-20-23(16)17)26-14-4-2-1-3-5-14/h6-12,14,21H,1-5H2,(H2,19,24,25). The van der Waals surface area contributed by atoms with Gasteiger partial charge in [0, 0.05) is 17.8 Å². The third-order valence-corrected chi connectivity index (χ3v) is 5.56. The number of nitrogens with one attached hydrogen (secondary N) is 1. The molecule has 0 bridgehead atoms. The smallest absolute Gasteiger partial charge is 0.238 e. The van der Waals surface area contributed by atoms with Crippen molar-refractivity contribution in [3.8, 4) is 5.88 Å². The highest BCUT2D eigenvalue weighted by Gasteiger charge is 2.17. The summed E-state index contributed by atoms with van der Waals surface area (Å²) in [6.45, 7) is 0. The van der Waals surface area contributed by atoms with Gasteiger partial charge in [0.25, 0.3) is 0 Å². The van der Waals surface area contributed by atoms with Crippen LogP contribution in [0.1, 0.15) is 32.1 Å². The van der Waals surface area contributed by atoms with Crippen LogP contribution >= 0.6 is 0 Å². The minimum atomic E-state index is -3.72. The third kappa shape index (κ3) is 4.04. The first kappa shape index (κ1) is 17.7. The molecule has 1 fully saturated rings. The third-order valence-electron chi connectivity index (χ3n) is 4.63. The quantitative estimate of drug-likeness (QED) is 0.696. The first-order chi connectivity index (χ1) is 13.0. The number of aromatic nitrogens is 3. The van der Waals surface area contributed by atoms with E-state index in [0.29, 0.717) is 23.0 Å². The molecule has 1 aromatic carbocycles. The van der Waals surface area contributed by atoms with Crippen LogP contribution in [-0.2, 0) is 10.0 Å². The predicted octanol–water partition coefficient (Wildman–Crippen LogP) is 2.83. The monoisotopic (exact) mass is 387 g/mol. The SMILES string of the molecule is NS(=O)(=O)c1ccc(Nc2cc(OC3CCCCC3)nc3ccnn23)cc1. The number of primary sulfonamides is 1. The Morgan fingerprint density at radius 1 is 1.11 bits per heavy atom. The molecule has 3 N–H and O–H groups in total. The Hall–Kier alpha value is -2.65. The fourth-order valence-corrected chi connectivity index (χ4v) is 3.78. The zero-order chi connectivity index (χ0) is 18.9. The van der Waals surface area contributed by atoms with Crippen LogP contribution in [0.2, 0.25) is 0 Å². The second-order valence-electron chi connectivity index (χ2n) is 6.65. The summed E-state index contributed by atoms with van der Waals surface area (Å²) in [6, 6.07) is 9.83. The van der Waals surface area contributed by atoms with Gasteiger partial charge >= 0.3 is 0 Å². The highest BCUT2D eigenvalue weighted by atomic mass is 32.2. The second kappa shape index (κ2) is 7.16. The number of nitrogens with two attached hydrogens (primary N) is 1. The summed E-state index contributed by atoms with van der Waals surface area (Å²) in [5, 5.41) is 12.7. The zero-order valence-corrected chi connectivity index (χ0v) is 15.5. The van der Waals surface area contributed by atoms with Crippen LogP contribution in [-0.4, -0.2) is 29.1 Å². The summed E-state index contributed by atoms with van der Waals surface area (Å²) in [4.78, 5) is 4.58. The lowest BCUT2D eigenvalue weighted by Crippen LogP contribution is -2.20. The lowest BCUT2D eigenvalue weighted by Gasteiger charge is -2.22. The Balaban J connectivity index is 1.61. The van der Waals surface area contributed by atoms with Gasteiger partial charge in [-0.25, -0.2) is 13.6 Å². The molecule has 0 amide bonds. The lowest BCUT2D eigenvalue weighted by molar-refractivity contribution is 0.149. The van der Waals surface area contributed by atoms with Crippen molar-refractivity contribution in [1.29, 1.82) is 0 Å². The molecule has 0 saturated heterocycles. The lowest BCUT2D eigenvalue weighted by atomic mass is 9.98. The van der Waals surface area contributed by atoms with Crippen LogP contribution in [0, 0.1) is 0 Å². The summed E-state index contributed by atoms with van der Waals surface area (Å²) in [6.07, 6.45) is 7.58. The molecule has 0 atom stereocenters. The minimum absolute atomic E-state index is 0.0633. The maximum atomic E-state index is 11.4. The molecule has 4 rings (SSSR count). The van der Waals surface area contributed by atoms with Gasteiger partial charge in [-0.15, -0.1) is 0 Å². The van der Waals surface area contributed by atoms with Crippen molar-refractivity contribution >= 4 is 27.2 Å². The average Bonchev–Trinajstić information content (AvgIpc) is 3.11. The van der Waals surface area contributed by atoms with Gasteiger partial charge in [0.1, 0.15) is 11.9 Å². The normalized spacial score (nSPS) is 15.7. The number of hydrogen-bond acceptors (Lipinski definition) is 6. The minimum Gasteiger partial charge on any atom is -0.474 e. The van der Waals surface area contributed by atoms with E-state index >= 15 is 0 Å². The number of rotatable bonds is 5. The van der Waals surface area contributed by atoms with E-state index in [0.717, 1.165) is 12.8 Å². The Labute approximate surface area is 157 Å². The van der Waals surface area contributed by atoms with Gasteiger partial charge in [0.2, 0.25) is 15.9 Å². The van der Waals surface area contributed by atoms with Gasteiger partial charge in [-0.2, -0.15) is 14.6 Å². The van der Waals surface area contributed by atoms with Crippen molar-refractivity contribution in [3.05, 3.63) is 42.6 Å². The molecule has 0 unspecified atom stereocenters. The molecule has 1 aliphatic rings. The van der Waals surface area contributed by atoms with Crippen LogP contribution < -0.4 is 15.2 Å². The van der Waals surface area contributed by atoms with Crippen LogP contribution in [0.4, 0.5) is 11.5 Å². The highest BCUT2D eigenvalue weighted by molar-refractivity contribution is 7.89. The number of ether oxygens (including phenoxy) is 1. The molecule has 0 spiro atoms. The molecular weight excluding hydrogens is 366 g/mol. The summed E-state index contributed by atoms with van der Waals surface area (Å²) < 4.78 is 30.5. The Morgan fingerprint density at radius 2 is 1.85 bits per heavy atom. The van der Waals surface area contributed by atoms with E-state index in [1.165, 1.54) is 31.4 Å². The maximum absolute atomic E-state index is 11.4. The first-order valence-corrected chi connectivity index (χ1v) is 10.4. The van der Waals surface area contributed by atoms with Crippen LogP contribution in [0.3, 0.4) is 0 Å². The molecule has 9 heteroatoms. The molecular formula is C18H21N5O3S. The Morgan fingerprint density at radius 3 is 2.56 bits per heavy atom. The first-order valence-electron chi connectivity index (χ1n) is 8.90.